The van der Waals surface area contributed by atoms with Crippen molar-refractivity contribution < 1.29 is 4.79 Å². The first-order chi connectivity index (χ1) is 11.4. The van der Waals surface area contributed by atoms with Gasteiger partial charge in [0.1, 0.15) is 0 Å². The van der Waals surface area contributed by atoms with Crippen molar-refractivity contribution in [2.75, 3.05) is 6.54 Å². The number of hydrogen-bond donors (Lipinski definition) is 1. The van der Waals surface area contributed by atoms with Crippen LogP contribution < -0.4 is 5.32 Å². The van der Waals surface area contributed by atoms with Crippen LogP contribution in [0, 0.1) is 19.8 Å². The van der Waals surface area contributed by atoms with Crippen molar-refractivity contribution in [3.05, 3.63) is 52.8 Å². The summed E-state index contributed by atoms with van der Waals surface area (Å²) < 4.78 is 1.90. The fourth-order valence-electron chi connectivity index (χ4n) is 3.12. The number of nitrogens with one attached hydrogen (secondary N) is 1. The van der Waals surface area contributed by atoms with E-state index in [0.717, 1.165) is 6.42 Å². The maximum absolute atomic E-state index is 12.2. The maximum Gasteiger partial charge on any atom is 0.220 e. The summed E-state index contributed by atoms with van der Waals surface area (Å²) in [5.41, 5.74) is 4.94. The lowest BCUT2D eigenvalue weighted by Gasteiger charge is -2.21. The molecule has 0 bridgehead atoms. The van der Waals surface area contributed by atoms with Crippen LogP contribution in [0.15, 0.2) is 30.5 Å². The van der Waals surface area contributed by atoms with E-state index >= 15 is 0 Å². The van der Waals surface area contributed by atoms with Crippen molar-refractivity contribution >= 4 is 5.91 Å². The zero-order chi connectivity index (χ0) is 17.7. The van der Waals surface area contributed by atoms with Crippen LogP contribution in [-0.2, 0) is 18.3 Å². The van der Waals surface area contributed by atoms with Gasteiger partial charge in [0.25, 0.3) is 0 Å². The van der Waals surface area contributed by atoms with Crippen molar-refractivity contribution in [1.29, 1.82) is 0 Å². The third-order valence-corrected chi connectivity index (χ3v) is 4.68. The number of benzene rings is 1. The minimum Gasteiger partial charge on any atom is -0.355 e. The molecule has 1 N–H and O–H groups in total. The molecule has 1 amide bonds. The van der Waals surface area contributed by atoms with Gasteiger partial charge in [0.2, 0.25) is 5.91 Å². The predicted molar refractivity (Wildman–Crippen MR) is 98.0 cm³/mol. The van der Waals surface area contributed by atoms with Gasteiger partial charge in [0, 0.05) is 37.8 Å². The normalized spacial score (nSPS) is 12.4. The van der Waals surface area contributed by atoms with Gasteiger partial charge in [-0.05, 0) is 43.4 Å². The van der Waals surface area contributed by atoms with Gasteiger partial charge in [0.05, 0.1) is 0 Å². The molecule has 0 unspecified atom stereocenters. The molecule has 0 aliphatic heterocycles. The molecule has 4 heteroatoms. The largest absolute Gasteiger partial charge is 0.355 e. The van der Waals surface area contributed by atoms with Crippen molar-refractivity contribution in [2.45, 2.75) is 46.5 Å². The standard InChI is InChI=1S/C20H29N3O/c1-14(2)18(19-10-11-22-23(19)5)13-21-20(24)9-8-17-7-6-15(3)12-16(17)4/h6-7,10-12,14,18H,8-9,13H2,1-5H3,(H,21,24)/t18-/m1/s1. The van der Waals surface area contributed by atoms with Crippen molar-refractivity contribution in [3.8, 4) is 0 Å². The molecule has 0 spiro atoms. The third-order valence-electron chi connectivity index (χ3n) is 4.68. The Hall–Kier alpha value is -2.10. The number of aromatic nitrogens is 2. The van der Waals surface area contributed by atoms with Crippen LogP contribution in [0.1, 0.15) is 48.6 Å². The van der Waals surface area contributed by atoms with Crippen molar-refractivity contribution in [1.82, 2.24) is 15.1 Å². The molecule has 0 aliphatic carbocycles. The van der Waals surface area contributed by atoms with Crippen molar-refractivity contribution in [3.63, 3.8) is 0 Å². The van der Waals surface area contributed by atoms with Gasteiger partial charge in [-0.2, -0.15) is 5.10 Å². The Balaban J connectivity index is 1.88. The van der Waals surface area contributed by atoms with E-state index in [1.807, 2.05) is 24.0 Å². The van der Waals surface area contributed by atoms with Gasteiger partial charge >= 0.3 is 0 Å². The van der Waals surface area contributed by atoms with E-state index in [-0.39, 0.29) is 11.8 Å². The summed E-state index contributed by atoms with van der Waals surface area (Å²) in [6.07, 6.45) is 3.13. The SMILES string of the molecule is Cc1ccc(CCC(=O)NC[C@@H](c2ccnn2C)C(C)C)c(C)c1. The van der Waals surface area contributed by atoms with Crippen molar-refractivity contribution in [2.24, 2.45) is 13.0 Å². The summed E-state index contributed by atoms with van der Waals surface area (Å²) in [6, 6.07) is 8.44. The number of carbonyl (C=O) groups is 1. The molecule has 0 fully saturated rings. The Labute approximate surface area is 145 Å². The monoisotopic (exact) mass is 327 g/mol. The summed E-state index contributed by atoms with van der Waals surface area (Å²) >= 11 is 0. The van der Waals surface area contributed by atoms with Gasteiger partial charge in [-0.3, -0.25) is 9.48 Å². The summed E-state index contributed by atoms with van der Waals surface area (Å²) in [6.45, 7) is 9.22. The molecule has 1 aromatic carbocycles. The lowest BCUT2D eigenvalue weighted by atomic mass is 9.92. The second-order valence-electron chi connectivity index (χ2n) is 6.96. The Morgan fingerprint density at radius 2 is 2.00 bits per heavy atom. The summed E-state index contributed by atoms with van der Waals surface area (Å²) in [7, 11) is 1.95. The molecule has 0 aliphatic rings. The van der Waals surface area contributed by atoms with E-state index in [9.17, 15) is 4.79 Å². The third kappa shape index (κ3) is 4.70. The average Bonchev–Trinajstić information content (AvgIpc) is 2.92. The second kappa shape index (κ2) is 8.13. The molecule has 1 heterocycles. The average molecular weight is 327 g/mol. The molecule has 24 heavy (non-hydrogen) atoms. The van der Waals surface area contributed by atoms with Crippen LogP contribution in [0.5, 0.6) is 0 Å². The molecule has 2 rings (SSSR count). The zero-order valence-corrected chi connectivity index (χ0v) is 15.5. The van der Waals surface area contributed by atoms with Crippen LogP contribution in [0.2, 0.25) is 0 Å². The smallest absolute Gasteiger partial charge is 0.220 e. The quantitative estimate of drug-likeness (QED) is 0.846. The molecule has 1 atom stereocenters. The maximum atomic E-state index is 12.2. The van der Waals surface area contributed by atoms with E-state index in [1.165, 1.54) is 22.4 Å². The summed E-state index contributed by atoms with van der Waals surface area (Å²) in [5, 5.41) is 7.34. The summed E-state index contributed by atoms with van der Waals surface area (Å²) in [5.74, 6) is 0.838. The van der Waals surface area contributed by atoms with Gasteiger partial charge in [-0.25, -0.2) is 0 Å². The first-order valence-corrected chi connectivity index (χ1v) is 8.69. The first kappa shape index (κ1) is 18.2. The van der Waals surface area contributed by atoms with E-state index < -0.39 is 0 Å². The summed E-state index contributed by atoms with van der Waals surface area (Å²) in [4.78, 5) is 12.2. The first-order valence-electron chi connectivity index (χ1n) is 8.69. The molecule has 0 saturated carbocycles. The van der Waals surface area contributed by atoms with Gasteiger partial charge in [-0.1, -0.05) is 37.6 Å². The van der Waals surface area contributed by atoms with E-state index in [2.05, 4.69) is 56.3 Å². The van der Waals surface area contributed by atoms with Gasteiger partial charge < -0.3 is 5.32 Å². The van der Waals surface area contributed by atoms with Crippen LogP contribution in [0.3, 0.4) is 0 Å². The Kier molecular flexibility index (Phi) is 6.18. The van der Waals surface area contributed by atoms with Crippen LogP contribution in [-0.4, -0.2) is 22.2 Å². The number of rotatable bonds is 7. The van der Waals surface area contributed by atoms with Crippen LogP contribution in [0.25, 0.3) is 0 Å². The highest BCUT2D eigenvalue weighted by Gasteiger charge is 2.19. The minimum atomic E-state index is 0.114. The molecule has 2 aromatic rings. The lowest BCUT2D eigenvalue weighted by molar-refractivity contribution is -0.121. The number of hydrogen-bond acceptors (Lipinski definition) is 2. The van der Waals surface area contributed by atoms with E-state index in [4.69, 9.17) is 0 Å². The lowest BCUT2D eigenvalue weighted by Crippen LogP contribution is -2.31. The fourth-order valence-corrected chi connectivity index (χ4v) is 3.12. The number of aryl methyl sites for hydroxylation is 4. The topological polar surface area (TPSA) is 46.9 Å². The fraction of sp³-hybridized carbons (Fsp3) is 0.500. The zero-order valence-electron chi connectivity index (χ0n) is 15.5. The highest BCUT2D eigenvalue weighted by Crippen LogP contribution is 2.23. The Morgan fingerprint density at radius 1 is 1.25 bits per heavy atom. The highest BCUT2D eigenvalue weighted by atomic mass is 16.1. The molecular weight excluding hydrogens is 298 g/mol. The molecule has 1 aromatic heterocycles. The Bertz CT molecular complexity index is 688. The van der Waals surface area contributed by atoms with Gasteiger partial charge in [-0.15, -0.1) is 0 Å². The molecule has 130 valence electrons. The number of nitrogens with zero attached hydrogens (tertiary/aromatic N) is 2. The van der Waals surface area contributed by atoms with E-state index in [0.29, 0.717) is 18.9 Å². The second-order valence-corrected chi connectivity index (χ2v) is 6.96. The van der Waals surface area contributed by atoms with Gasteiger partial charge in [0.15, 0.2) is 0 Å². The Morgan fingerprint density at radius 3 is 2.58 bits per heavy atom. The minimum absolute atomic E-state index is 0.114. The molecule has 4 nitrogen and oxygen atoms in total. The number of carbonyl (C=O) groups excluding carboxylic acids is 1. The molecular formula is C20H29N3O. The highest BCUT2D eigenvalue weighted by molar-refractivity contribution is 5.76. The van der Waals surface area contributed by atoms with E-state index in [1.54, 1.807) is 0 Å². The van der Waals surface area contributed by atoms with Crippen LogP contribution in [0.4, 0.5) is 0 Å². The number of amides is 1. The van der Waals surface area contributed by atoms with Crippen LogP contribution >= 0.6 is 0 Å². The predicted octanol–water partition coefficient (Wildman–Crippen LogP) is 3.53. The molecule has 0 radical (unpaired) electrons. The molecule has 0 saturated heterocycles.